The van der Waals surface area contributed by atoms with E-state index in [1.165, 1.54) is 5.56 Å². The zero-order chi connectivity index (χ0) is 14.0. The summed E-state index contributed by atoms with van der Waals surface area (Å²) in [5.74, 6) is 0. The van der Waals surface area contributed by atoms with Gasteiger partial charge in [-0.1, -0.05) is 32.9 Å². The second-order valence-electron chi connectivity index (χ2n) is 6.37. The Hall–Kier alpha value is -1.06. The monoisotopic (exact) mass is 261 g/mol. The van der Waals surface area contributed by atoms with Gasteiger partial charge in [0.1, 0.15) is 6.23 Å². The fourth-order valence-corrected chi connectivity index (χ4v) is 2.55. The Kier molecular flexibility index (Phi) is 4.16. The molecule has 3 heteroatoms. The molecule has 104 valence electrons. The van der Waals surface area contributed by atoms with Crippen molar-refractivity contribution in [1.82, 2.24) is 0 Å². The van der Waals surface area contributed by atoms with Crippen molar-refractivity contribution in [2.75, 3.05) is 18.1 Å². The Morgan fingerprint density at radius 3 is 2.74 bits per heavy atom. The number of aliphatic hydroxyl groups is 2. The molecule has 0 fully saturated rings. The molecule has 1 aliphatic rings. The van der Waals surface area contributed by atoms with E-state index in [0.29, 0.717) is 13.0 Å². The number of rotatable bonds is 3. The fraction of sp³-hybridized carbons (Fsp3) is 0.562. The number of β-amino-alcohol motifs (C(OH)–C–C–N with tert-alkyl or cyclic N) is 1. The summed E-state index contributed by atoms with van der Waals surface area (Å²) < 4.78 is 0. The normalized spacial score (nSPS) is 19.4. The molecule has 2 rings (SSSR count). The van der Waals surface area contributed by atoms with Gasteiger partial charge in [-0.15, -0.1) is 0 Å². The Labute approximate surface area is 115 Å². The molecule has 1 aromatic carbocycles. The van der Waals surface area contributed by atoms with Crippen molar-refractivity contribution in [3.8, 4) is 0 Å². The standard InChI is InChI=1S/C16H23NO2/c1-16(2,3)11-12-4-6-14-13(10-12)5-7-15(19)17(14)8-9-18/h4,6,10,15,18-19H,7-9,11H2,1-3H3. The quantitative estimate of drug-likeness (QED) is 0.877. The van der Waals surface area contributed by atoms with Gasteiger partial charge >= 0.3 is 0 Å². The molecule has 0 bridgehead atoms. The van der Waals surface area contributed by atoms with Crippen molar-refractivity contribution < 1.29 is 10.2 Å². The molecular formula is C16H23NO2. The molecule has 2 radical (unpaired) electrons. The summed E-state index contributed by atoms with van der Waals surface area (Å²) in [7, 11) is 0. The predicted octanol–water partition coefficient (Wildman–Crippen LogP) is 2.23. The number of benzene rings is 1. The van der Waals surface area contributed by atoms with Crippen LogP contribution >= 0.6 is 0 Å². The summed E-state index contributed by atoms with van der Waals surface area (Å²) in [6.07, 6.45) is 4.19. The highest BCUT2D eigenvalue weighted by molar-refractivity contribution is 5.60. The average Bonchev–Trinajstić information content (AvgIpc) is 2.31. The van der Waals surface area contributed by atoms with Crippen LogP contribution in [0, 0.1) is 11.8 Å². The van der Waals surface area contributed by atoms with E-state index in [0.717, 1.165) is 17.7 Å². The van der Waals surface area contributed by atoms with Gasteiger partial charge in [-0.25, -0.2) is 0 Å². The minimum Gasteiger partial charge on any atom is -0.395 e. The summed E-state index contributed by atoms with van der Waals surface area (Å²) in [5.41, 5.74) is 3.55. The maximum Gasteiger partial charge on any atom is 0.127 e. The Bertz CT molecular complexity index is 437. The number of aliphatic hydroxyl groups excluding tert-OH is 2. The summed E-state index contributed by atoms with van der Waals surface area (Å²) in [4.78, 5) is 1.84. The number of fused-ring (bicyclic) bond motifs is 1. The van der Waals surface area contributed by atoms with Gasteiger partial charge in [-0.3, -0.25) is 0 Å². The van der Waals surface area contributed by atoms with Crippen molar-refractivity contribution in [2.24, 2.45) is 5.41 Å². The van der Waals surface area contributed by atoms with Crippen molar-refractivity contribution in [3.63, 3.8) is 0 Å². The third kappa shape index (κ3) is 3.48. The smallest absolute Gasteiger partial charge is 0.127 e. The molecule has 0 amide bonds. The second kappa shape index (κ2) is 5.51. The summed E-state index contributed by atoms with van der Waals surface area (Å²) in [6.45, 7) is 7.17. The number of hydrogen-bond donors (Lipinski definition) is 2. The molecule has 0 saturated heterocycles. The Morgan fingerprint density at radius 2 is 2.11 bits per heavy atom. The van der Waals surface area contributed by atoms with Gasteiger partial charge in [0.15, 0.2) is 0 Å². The number of anilines is 1. The van der Waals surface area contributed by atoms with Crippen LogP contribution in [0.3, 0.4) is 0 Å². The molecule has 1 unspecified atom stereocenters. The number of nitrogens with zero attached hydrogens (tertiary/aromatic N) is 1. The summed E-state index contributed by atoms with van der Waals surface area (Å²) in [6, 6.07) is 6.28. The highest BCUT2D eigenvalue weighted by Crippen LogP contribution is 2.33. The van der Waals surface area contributed by atoms with Gasteiger partial charge < -0.3 is 15.1 Å². The molecule has 0 aromatic heterocycles. The maximum absolute atomic E-state index is 9.95. The number of hydrogen-bond acceptors (Lipinski definition) is 3. The van der Waals surface area contributed by atoms with Gasteiger partial charge in [-0.05, 0) is 29.0 Å². The zero-order valence-corrected chi connectivity index (χ0v) is 12.0. The second-order valence-corrected chi connectivity index (χ2v) is 6.37. The van der Waals surface area contributed by atoms with Crippen LogP contribution in [0.2, 0.25) is 0 Å². The maximum atomic E-state index is 9.95. The van der Waals surface area contributed by atoms with Gasteiger partial charge in [0, 0.05) is 25.1 Å². The van der Waals surface area contributed by atoms with E-state index in [-0.39, 0.29) is 12.0 Å². The predicted molar refractivity (Wildman–Crippen MR) is 77.0 cm³/mol. The molecule has 19 heavy (non-hydrogen) atoms. The molecule has 0 aliphatic carbocycles. The molecule has 1 aliphatic heterocycles. The van der Waals surface area contributed by atoms with E-state index in [4.69, 9.17) is 5.11 Å². The molecule has 1 aromatic rings. The summed E-state index contributed by atoms with van der Waals surface area (Å²) in [5, 5.41) is 19.1. The highest BCUT2D eigenvalue weighted by atomic mass is 16.3. The van der Waals surface area contributed by atoms with Crippen molar-refractivity contribution in [3.05, 3.63) is 35.7 Å². The van der Waals surface area contributed by atoms with E-state index in [1.807, 2.05) is 11.0 Å². The van der Waals surface area contributed by atoms with Crippen LogP contribution in [0.4, 0.5) is 5.69 Å². The third-order valence-corrected chi connectivity index (χ3v) is 3.28. The van der Waals surface area contributed by atoms with Crippen LogP contribution in [0.15, 0.2) is 18.2 Å². The minimum absolute atomic E-state index is 0.0419. The van der Waals surface area contributed by atoms with Crippen molar-refractivity contribution in [1.29, 1.82) is 0 Å². The lowest BCUT2D eigenvalue weighted by molar-refractivity contribution is 0.156. The molecule has 3 nitrogen and oxygen atoms in total. The topological polar surface area (TPSA) is 43.7 Å². The first-order valence-electron chi connectivity index (χ1n) is 6.83. The zero-order valence-electron chi connectivity index (χ0n) is 12.0. The van der Waals surface area contributed by atoms with Crippen LogP contribution in [0.25, 0.3) is 0 Å². The first-order valence-corrected chi connectivity index (χ1v) is 6.83. The summed E-state index contributed by atoms with van der Waals surface area (Å²) >= 11 is 0. The molecule has 2 N–H and O–H groups in total. The van der Waals surface area contributed by atoms with E-state index in [9.17, 15) is 5.11 Å². The van der Waals surface area contributed by atoms with Gasteiger partial charge in [0.25, 0.3) is 0 Å². The van der Waals surface area contributed by atoms with Crippen LogP contribution < -0.4 is 4.90 Å². The van der Waals surface area contributed by atoms with Crippen LogP contribution in [-0.4, -0.2) is 29.6 Å². The fourth-order valence-electron chi connectivity index (χ4n) is 2.55. The highest BCUT2D eigenvalue weighted by Gasteiger charge is 2.25. The molecule has 1 atom stereocenters. The van der Waals surface area contributed by atoms with Crippen molar-refractivity contribution >= 4 is 5.69 Å². The van der Waals surface area contributed by atoms with E-state index in [2.05, 4.69) is 39.3 Å². The Balaban J connectivity index is 2.26. The van der Waals surface area contributed by atoms with E-state index < -0.39 is 6.23 Å². The lowest BCUT2D eigenvalue weighted by Gasteiger charge is -2.35. The van der Waals surface area contributed by atoms with Gasteiger partial charge in [0.2, 0.25) is 0 Å². The third-order valence-electron chi connectivity index (χ3n) is 3.28. The lowest BCUT2D eigenvalue weighted by Crippen LogP contribution is -2.40. The van der Waals surface area contributed by atoms with Crippen LogP contribution in [-0.2, 0) is 6.42 Å². The first-order chi connectivity index (χ1) is 8.90. The van der Waals surface area contributed by atoms with Gasteiger partial charge in [-0.2, -0.15) is 0 Å². The first kappa shape index (κ1) is 14.4. The van der Waals surface area contributed by atoms with Crippen molar-refractivity contribution in [2.45, 2.75) is 39.8 Å². The van der Waals surface area contributed by atoms with Crippen LogP contribution in [0.1, 0.15) is 38.3 Å². The minimum atomic E-state index is -0.576. The molecule has 0 saturated carbocycles. The molecule has 1 heterocycles. The lowest BCUT2D eigenvalue weighted by atomic mass is 9.86. The SMILES string of the molecule is CC(C)(C)Cc1ccc2c(c1)[C]CC(O)N2CCO. The van der Waals surface area contributed by atoms with E-state index in [1.54, 1.807) is 0 Å². The molecular weight excluding hydrogens is 238 g/mol. The van der Waals surface area contributed by atoms with Gasteiger partial charge in [0.05, 0.1) is 6.61 Å². The average molecular weight is 261 g/mol. The largest absolute Gasteiger partial charge is 0.395 e. The Morgan fingerprint density at radius 1 is 1.37 bits per heavy atom. The van der Waals surface area contributed by atoms with E-state index >= 15 is 0 Å². The van der Waals surface area contributed by atoms with Crippen LogP contribution in [0.5, 0.6) is 0 Å². The molecule has 0 spiro atoms.